The van der Waals surface area contributed by atoms with E-state index in [0.29, 0.717) is 22.0 Å². The Balaban J connectivity index is 1.93. The molecule has 0 aliphatic rings. The zero-order chi connectivity index (χ0) is 18.4. The highest BCUT2D eigenvalue weighted by molar-refractivity contribution is 6.31. The molecule has 132 valence electrons. The molecule has 0 bridgehead atoms. The van der Waals surface area contributed by atoms with E-state index in [2.05, 4.69) is 10.6 Å². The normalized spacial score (nSPS) is 10.4. The SMILES string of the molecule is Cc1cc(OCC(=O)Nc2cccc(C(=O)NC(C)C)c2)ccc1Cl. The van der Waals surface area contributed by atoms with Crippen LogP contribution in [0.25, 0.3) is 0 Å². The largest absolute Gasteiger partial charge is 0.484 e. The highest BCUT2D eigenvalue weighted by Crippen LogP contribution is 2.21. The van der Waals surface area contributed by atoms with Gasteiger partial charge in [0.1, 0.15) is 5.75 Å². The van der Waals surface area contributed by atoms with Crippen LogP contribution in [-0.2, 0) is 4.79 Å². The van der Waals surface area contributed by atoms with Crippen molar-refractivity contribution in [3.8, 4) is 5.75 Å². The van der Waals surface area contributed by atoms with Crippen molar-refractivity contribution in [1.29, 1.82) is 0 Å². The highest BCUT2D eigenvalue weighted by Gasteiger charge is 2.09. The molecule has 2 rings (SSSR count). The number of benzene rings is 2. The fourth-order valence-corrected chi connectivity index (χ4v) is 2.25. The van der Waals surface area contributed by atoms with Gasteiger partial charge in [0.25, 0.3) is 11.8 Å². The van der Waals surface area contributed by atoms with Crippen LogP contribution in [0.2, 0.25) is 5.02 Å². The number of amides is 2. The van der Waals surface area contributed by atoms with E-state index in [4.69, 9.17) is 16.3 Å². The second-order valence-corrected chi connectivity index (χ2v) is 6.36. The Morgan fingerprint density at radius 2 is 1.92 bits per heavy atom. The standard InChI is InChI=1S/C19H21ClN2O3/c1-12(2)21-19(24)14-5-4-6-15(10-14)22-18(23)11-25-16-7-8-17(20)13(3)9-16/h4-10,12H,11H2,1-3H3,(H,21,24)(H,22,23). The molecule has 0 saturated carbocycles. The summed E-state index contributed by atoms with van der Waals surface area (Å²) in [6.07, 6.45) is 0. The first-order valence-corrected chi connectivity index (χ1v) is 8.32. The van der Waals surface area contributed by atoms with Crippen LogP contribution in [0.4, 0.5) is 5.69 Å². The van der Waals surface area contributed by atoms with E-state index in [1.165, 1.54) is 0 Å². The van der Waals surface area contributed by atoms with Crippen molar-refractivity contribution < 1.29 is 14.3 Å². The van der Waals surface area contributed by atoms with Gasteiger partial charge in [-0.15, -0.1) is 0 Å². The van der Waals surface area contributed by atoms with Crippen molar-refractivity contribution in [2.75, 3.05) is 11.9 Å². The monoisotopic (exact) mass is 360 g/mol. The van der Waals surface area contributed by atoms with Crippen molar-refractivity contribution in [3.63, 3.8) is 0 Å². The van der Waals surface area contributed by atoms with Gasteiger partial charge in [0.2, 0.25) is 0 Å². The molecule has 0 atom stereocenters. The summed E-state index contributed by atoms with van der Waals surface area (Å²) in [5.74, 6) is 0.0788. The van der Waals surface area contributed by atoms with Crippen LogP contribution in [0.1, 0.15) is 29.8 Å². The van der Waals surface area contributed by atoms with Crippen molar-refractivity contribution in [3.05, 3.63) is 58.6 Å². The molecule has 0 aromatic heterocycles. The number of carbonyl (C=O) groups excluding carboxylic acids is 2. The lowest BCUT2D eigenvalue weighted by molar-refractivity contribution is -0.118. The first-order chi connectivity index (χ1) is 11.8. The molecular weight excluding hydrogens is 340 g/mol. The molecule has 0 aliphatic heterocycles. The molecule has 0 spiro atoms. The summed E-state index contributed by atoms with van der Waals surface area (Å²) in [6.45, 7) is 5.51. The van der Waals surface area contributed by atoms with E-state index in [1.807, 2.05) is 20.8 Å². The molecule has 2 amide bonds. The fourth-order valence-electron chi connectivity index (χ4n) is 2.14. The Hall–Kier alpha value is -2.53. The number of hydrogen-bond donors (Lipinski definition) is 2. The first kappa shape index (κ1) is 18.8. The molecule has 25 heavy (non-hydrogen) atoms. The van der Waals surface area contributed by atoms with Gasteiger partial charge in [-0.05, 0) is 62.7 Å². The quantitative estimate of drug-likeness (QED) is 0.823. The van der Waals surface area contributed by atoms with Crippen molar-refractivity contribution in [2.45, 2.75) is 26.8 Å². The maximum Gasteiger partial charge on any atom is 0.262 e. The summed E-state index contributed by atoms with van der Waals surface area (Å²) in [5.41, 5.74) is 1.90. The lowest BCUT2D eigenvalue weighted by Gasteiger charge is -2.11. The van der Waals surface area contributed by atoms with Gasteiger partial charge in [0, 0.05) is 22.3 Å². The van der Waals surface area contributed by atoms with Crippen molar-refractivity contribution in [1.82, 2.24) is 5.32 Å². The molecule has 0 aliphatic carbocycles. The summed E-state index contributed by atoms with van der Waals surface area (Å²) in [4.78, 5) is 24.0. The van der Waals surface area contributed by atoms with E-state index < -0.39 is 0 Å². The predicted molar refractivity (Wildman–Crippen MR) is 99.4 cm³/mol. The van der Waals surface area contributed by atoms with E-state index in [1.54, 1.807) is 42.5 Å². The van der Waals surface area contributed by atoms with Crippen LogP contribution in [0, 0.1) is 6.92 Å². The molecular formula is C19H21ClN2O3. The summed E-state index contributed by atoms with van der Waals surface area (Å²) in [7, 11) is 0. The maximum absolute atomic E-state index is 12.0. The van der Waals surface area contributed by atoms with Crippen LogP contribution in [0.3, 0.4) is 0 Å². The predicted octanol–water partition coefficient (Wildman–Crippen LogP) is 3.80. The van der Waals surface area contributed by atoms with Gasteiger partial charge in [-0.3, -0.25) is 9.59 Å². The van der Waals surface area contributed by atoms with E-state index in [0.717, 1.165) is 5.56 Å². The van der Waals surface area contributed by atoms with Crippen LogP contribution in [0.5, 0.6) is 5.75 Å². The molecule has 2 aromatic carbocycles. The average Bonchev–Trinajstić information content (AvgIpc) is 2.55. The molecule has 0 unspecified atom stereocenters. The lowest BCUT2D eigenvalue weighted by Crippen LogP contribution is -2.30. The Labute approximate surface area is 152 Å². The van der Waals surface area contributed by atoms with E-state index in [-0.39, 0.29) is 24.5 Å². The molecule has 6 heteroatoms. The Morgan fingerprint density at radius 1 is 1.16 bits per heavy atom. The van der Waals surface area contributed by atoms with E-state index in [9.17, 15) is 9.59 Å². The minimum atomic E-state index is -0.311. The number of anilines is 1. The topological polar surface area (TPSA) is 67.4 Å². The van der Waals surface area contributed by atoms with Gasteiger partial charge in [-0.2, -0.15) is 0 Å². The maximum atomic E-state index is 12.0. The van der Waals surface area contributed by atoms with Gasteiger partial charge < -0.3 is 15.4 Å². The lowest BCUT2D eigenvalue weighted by atomic mass is 10.2. The Morgan fingerprint density at radius 3 is 2.60 bits per heavy atom. The molecule has 0 radical (unpaired) electrons. The highest BCUT2D eigenvalue weighted by atomic mass is 35.5. The zero-order valence-electron chi connectivity index (χ0n) is 14.4. The van der Waals surface area contributed by atoms with Crippen molar-refractivity contribution in [2.24, 2.45) is 0 Å². The number of nitrogens with one attached hydrogen (secondary N) is 2. The minimum Gasteiger partial charge on any atom is -0.484 e. The van der Waals surface area contributed by atoms with Gasteiger partial charge in [0.15, 0.2) is 6.61 Å². The van der Waals surface area contributed by atoms with Crippen LogP contribution in [-0.4, -0.2) is 24.5 Å². The van der Waals surface area contributed by atoms with E-state index >= 15 is 0 Å². The average molecular weight is 361 g/mol. The summed E-state index contributed by atoms with van der Waals surface area (Å²) < 4.78 is 5.46. The van der Waals surface area contributed by atoms with Crippen LogP contribution < -0.4 is 15.4 Å². The van der Waals surface area contributed by atoms with Gasteiger partial charge in [-0.1, -0.05) is 17.7 Å². The molecule has 0 saturated heterocycles. The van der Waals surface area contributed by atoms with Crippen LogP contribution >= 0.6 is 11.6 Å². The third-order valence-corrected chi connectivity index (χ3v) is 3.75. The first-order valence-electron chi connectivity index (χ1n) is 7.95. The zero-order valence-corrected chi connectivity index (χ0v) is 15.2. The second kappa shape index (κ2) is 8.53. The third kappa shape index (κ3) is 5.80. The molecule has 5 nitrogen and oxygen atoms in total. The fraction of sp³-hybridized carbons (Fsp3) is 0.263. The Bertz CT molecular complexity index is 775. The minimum absolute atomic E-state index is 0.0435. The molecule has 2 aromatic rings. The second-order valence-electron chi connectivity index (χ2n) is 5.96. The molecule has 2 N–H and O–H groups in total. The molecule has 0 fully saturated rings. The summed E-state index contributed by atoms with van der Waals surface area (Å²) >= 11 is 5.95. The van der Waals surface area contributed by atoms with Crippen molar-refractivity contribution >= 4 is 29.1 Å². The molecule has 0 heterocycles. The number of aryl methyl sites for hydroxylation is 1. The number of carbonyl (C=O) groups is 2. The van der Waals surface area contributed by atoms with Gasteiger partial charge >= 0.3 is 0 Å². The third-order valence-electron chi connectivity index (χ3n) is 3.33. The van der Waals surface area contributed by atoms with Gasteiger partial charge in [-0.25, -0.2) is 0 Å². The number of halogens is 1. The number of hydrogen-bond acceptors (Lipinski definition) is 3. The smallest absolute Gasteiger partial charge is 0.262 e. The Kier molecular flexibility index (Phi) is 6.42. The summed E-state index contributed by atoms with van der Waals surface area (Å²) in [6, 6.07) is 12.0. The van der Waals surface area contributed by atoms with Gasteiger partial charge in [0.05, 0.1) is 0 Å². The number of ether oxygens (including phenoxy) is 1. The number of rotatable bonds is 6. The van der Waals surface area contributed by atoms with Crippen LogP contribution in [0.15, 0.2) is 42.5 Å². The summed E-state index contributed by atoms with van der Waals surface area (Å²) in [5, 5.41) is 6.17.